The maximum Gasteiger partial charge on any atom is 0.142 e. The fourth-order valence-corrected chi connectivity index (χ4v) is 5.21. The number of nitrogen functional groups attached to an aromatic ring is 1. The van der Waals surface area contributed by atoms with Gasteiger partial charge in [0.1, 0.15) is 29.8 Å². The van der Waals surface area contributed by atoms with E-state index in [1.54, 1.807) is 11.3 Å². The second kappa shape index (κ2) is 9.07. The van der Waals surface area contributed by atoms with Gasteiger partial charge in [0.15, 0.2) is 0 Å². The largest absolute Gasteiger partial charge is 0.489 e. The van der Waals surface area contributed by atoms with Crippen LogP contribution in [0.2, 0.25) is 5.02 Å². The molecule has 1 aromatic carbocycles. The molecule has 0 saturated heterocycles. The number of hydrogen-bond donors (Lipinski definition) is 1. The van der Waals surface area contributed by atoms with Gasteiger partial charge in [-0.3, -0.25) is 0 Å². The second-order valence-corrected chi connectivity index (χ2v) is 9.33. The Labute approximate surface area is 186 Å². The topological polar surface area (TPSA) is 71.9 Å². The molecule has 0 saturated carbocycles. The van der Waals surface area contributed by atoms with Crippen LogP contribution in [0.25, 0.3) is 10.4 Å². The number of nitriles is 1. The van der Waals surface area contributed by atoms with Crippen LogP contribution >= 0.6 is 22.9 Å². The maximum atomic E-state index is 9.84. The maximum absolute atomic E-state index is 9.84. The van der Waals surface area contributed by atoms with Crippen molar-refractivity contribution in [1.29, 1.82) is 5.26 Å². The zero-order valence-electron chi connectivity index (χ0n) is 17.0. The molecule has 0 bridgehead atoms. The van der Waals surface area contributed by atoms with Gasteiger partial charge in [-0.15, -0.1) is 11.3 Å². The van der Waals surface area contributed by atoms with Crippen LogP contribution in [0.1, 0.15) is 52.9 Å². The van der Waals surface area contributed by atoms with E-state index in [9.17, 15) is 5.26 Å². The minimum atomic E-state index is 0.344. The number of rotatable bonds is 4. The second-order valence-electron chi connectivity index (χ2n) is 7.63. The minimum absolute atomic E-state index is 0.344. The molecule has 3 aromatic rings. The highest BCUT2D eigenvalue weighted by molar-refractivity contribution is 7.15. The van der Waals surface area contributed by atoms with Crippen LogP contribution in [0.4, 0.5) is 5.82 Å². The van der Waals surface area contributed by atoms with Crippen molar-refractivity contribution in [3.05, 3.63) is 62.6 Å². The third-order valence-corrected chi connectivity index (χ3v) is 6.95. The molecule has 2 heterocycles. The number of thiophene rings is 1. The number of pyridine rings is 1. The Morgan fingerprint density at radius 1 is 1.17 bits per heavy atom. The predicted octanol–water partition coefficient (Wildman–Crippen LogP) is 6.46. The van der Waals surface area contributed by atoms with Crippen LogP contribution in [-0.4, -0.2) is 4.98 Å². The minimum Gasteiger partial charge on any atom is -0.489 e. The van der Waals surface area contributed by atoms with Crippen molar-refractivity contribution in [3.8, 4) is 22.3 Å². The monoisotopic (exact) mass is 437 g/mol. The first kappa shape index (κ1) is 20.7. The number of aryl methyl sites for hydroxylation is 2. The summed E-state index contributed by atoms with van der Waals surface area (Å²) in [6.45, 7) is 2.56. The number of ether oxygens (including phenoxy) is 1. The number of fused-ring (bicyclic) bond motifs is 1. The molecule has 2 aromatic heterocycles. The van der Waals surface area contributed by atoms with E-state index in [0.717, 1.165) is 53.1 Å². The lowest BCUT2D eigenvalue weighted by molar-refractivity contribution is 0.306. The summed E-state index contributed by atoms with van der Waals surface area (Å²) in [7, 11) is 0. The Hall–Kier alpha value is -2.55. The molecule has 6 heteroatoms. The summed E-state index contributed by atoms with van der Waals surface area (Å²) in [4.78, 5) is 6.86. The molecule has 2 N–H and O–H groups in total. The van der Waals surface area contributed by atoms with E-state index in [1.807, 2.05) is 24.3 Å². The van der Waals surface area contributed by atoms with Crippen LogP contribution in [0.3, 0.4) is 0 Å². The summed E-state index contributed by atoms with van der Waals surface area (Å²) in [6, 6.07) is 11.8. The number of benzene rings is 1. The number of nitrogens with zero attached hydrogens (tertiary/aromatic N) is 2. The number of nitrogens with two attached hydrogens (primary N) is 1. The van der Waals surface area contributed by atoms with Crippen molar-refractivity contribution in [2.24, 2.45) is 0 Å². The van der Waals surface area contributed by atoms with E-state index in [2.05, 4.69) is 24.0 Å². The molecule has 0 atom stereocenters. The SMILES string of the molecule is Cc1sc(-c2c(C#N)c(N)nc3c2CCCCCC3)cc1COc1ccc(Cl)cc1. The standard InChI is InChI=1S/C24H24ClN3OS/c1-15-16(14-29-18-10-8-17(25)9-11-18)12-22(30-15)23-19-6-4-2-3-5-7-21(19)28-24(27)20(23)13-26/h8-12H,2-7,14H2,1H3,(H2,27,28). The van der Waals surface area contributed by atoms with Crippen molar-refractivity contribution in [2.75, 3.05) is 5.73 Å². The Bertz CT molecular complexity index is 1100. The highest BCUT2D eigenvalue weighted by Crippen LogP contribution is 2.40. The van der Waals surface area contributed by atoms with E-state index in [-0.39, 0.29) is 0 Å². The molecule has 0 unspecified atom stereocenters. The molecule has 0 fully saturated rings. The predicted molar refractivity (Wildman–Crippen MR) is 123 cm³/mol. The van der Waals surface area contributed by atoms with E-state index < -0.39 is 0 Å². The van der Waals surface area contributed by atoms with Gasteiger partial charge in [-0.2, -0.15) is 5.26 Å². The van der Waals surface area contributed by atoms with Crippen LogP contribution in [0, 0.1) is 18.3 Å². The highest BCUT2D eigenvalue weighted by atomic mass is 35.5. The molecule has 4 rings (SSSR count). The van der Waals surface area contributed by atoms with Crippen molar-refractivity contribution in [3.63, 3.8) is 0 Å². The molecule has 0 aliphatic heterocycles. The average Bonchev–Trinajstić information content (AvgIpc) is 3.08. The molecule has 30 heavy (non-hydrogen) atoms. The van der Waals surface area contributed by atoms with Gasteiger partial charge in [0.25, 0.3) is 0 Å². The first-order chi connectivity index (χ1) is 14.6. The fourth-order valence-electron chi connectivity index (χ4n) is 3.98. The molecular weight excluding hydrogens is 414 g/mol. The number of hydrogen-bond acceptors (Lipinski definition) is 5. The van der Waals surface area contributed by atoms with E-state index >= 15 is 0 Å². The van der Waals surface area contributed by atoms with Gasteiger partial charge in [0.2, 0.25) is 0 Å². The molecule has 0 radical (unpaired) electrons. The average molecular weight is 438 g/mol. The fraction of sp³-hybridized carbons (Fsp3) is 0.333. The molecule has 0 spiro atoms. The van der Waals surface area contributed by atoms with Crippen LogP contribution in [0.5, 0.6) is 5.75 Å². The summed E-state index contributed by atoms with van der Waals surface area (Å²) in [5, 5.41) is 10.5. The summed E-state index contributed by atoms with van der Waals surface area (Å²) >= 11 is 7.64. The molecule has 4 nitrogen and oxygen atoms in total. The van der Waals surface area contributed by atoms with Gasteiger partial charge in [0.05, 0.1) is 0 Å². The molecule has 1 aliphatic carbocycles. The lowest BCUT2D eigenvalue weighted by Gasteiger charge is -2.18. The molecule has 0 amide bonds. The highest BCUT2D eigenvalue weighted by Gasteiger charge is 2.22. The smallest absolute Gasteiger partial charge is 0.142 e. The van der Waals surface area contributed by atoms with Gasteiger partial charge < -0.3 is 10.5 Å². The third kappa shape index (κ3) is 4.30. The zero-order chi connectivity index (χ0) is 21.1. The normalized spacial score (nSPS) is 13.8. The van der Waals surface area contributed by atoms with Crippen LogP contribution in [-0.2, 0) is 19.4 Å². The van der Waals surface area contributed by atoms with E-state index in [4.69, 9.17) is 22.1 Å². The van der Waals surface area contributed by atoms with Crippen molar-refractivity contribution < 1.29 is 4.74 Å². The summed E-state index contributed by atoms with van der Waals surface area (Å²) in [5.41, 5.74) is 11.1. The summed E-state index contributed by atoms with van der Waals surface area (Å²) in [5.74, 6) is 1.12. The van der Waals surface area contributed by atoms with E-state index in [0.29, 0.717) is 23.0 Å². The number of halogens is 1. The number of anilines is 1. The Kier molecular flexibility index (Phi) is 6.26. The molecule has 154 valence electrons. The first-order valence-corrected chi connectivity index (χ1v) is 11.5. The van der Waals surface area contributed by atoms with Crippen molar-refractivity contribution >= 4 is 28.8 Å². The molecular formula is C24H24ClN3OS. The van der Waals surface area contributed by atoms with Crippen molar-refractivity contribution in [2.45, 2.75) is 52.1 Å². The van der Waals surface area contributed by atoms with Gasteiger partial charge >= 0.3 is 0 Å². The lowest BCUT2D eigenvalue weighted by Crippen LogP contribution is -2.09. The Balaban J connectivity index is 1.70. The number of aromatic nitrogens is 1. The first-order valence-electron chi connectivity index (χ1n) is 10.3. The van der Waals surface area contributed by atoms with Gasteiger partial charge in [-0.05, 0) is 68.5 Å². The quantitative estimate of drug-likeness (QED) is 0.508. The van der Waals surface area contributed by atoms with Gasteiger partial charge in [-0.1, -0.05) is 24.4 Å². The molecule has 1 aliphatic rings. The third-order valence-electron chi connectivity index (χ3n) is 5.59. The summed E-state index contributed by atoms with van der Waals surface area (Å²) in [6.07, 6.45) is 6.55. The summed E-state index contributed by atoms with van der Waals surface area (Å²) < 4.78 is 5.95. The van der Waals surface area contributed by atoms with Gasteiger partial charge in [-0.25, -0.2) is 4.98 Å². The Morgan fingerprint density at radius 3 is 2.63 bits per heavy atom. The van der Waals surface area contributed by atoms with Crippen LogP contribution in [0.15, 0.2) is 30.3 Å². The lowest BCUT2D eigenvalue weighted by atomic mass is 9.90. The van der Waals surface area contributed by atoms with Crippen molar-refractivity contribution in [1.82, 2.24) is 4.98 Å². The van der Waals surface area contributed by atoms with E-state index in [1.165, 1.54) is 23.3 Å². The van der Waals surface area contributed by atoms with Gasteiger partial charge in [0, 0.05) is 31.6 Å². The Morgan fingerprint density at radius 2 is 1.90 bits per heavy atom. The zero-order valence-corrected chi connectivity index (χ0v) is 18.6. The van der Waals surface area contributed by atoms with Crippen LogP contribution < -0.4 is 10.5 Å².